The SMILES string of the molecule is Cc1ccc(S(=O)(=O)N2CCC[C@H]2CO)s1. The highest BCUT2D eigenvalue weighted by Crippen LogP contribution is 2.29. The zero-order chi connectivity index (χ0) is 11.8. The molecule has 1 aliphatic heterocycles. The number of aryl methyl sites for hydroxylation is 1. The fraction of sp³-hybridized carbons (Fsp3) is 0.600. The van der Waals surface area contributed by atoms with Crippen LogP contribution in [0.4, 0.5) is 0 Å². The van der Waals surface area contributed by atoms with Crippen LogP contribution in [0.5, 0.6) is 0 Å². The van der Waals surface area contributed by atoms with E-state index in [1.807, 2.05) is 13.0 Å². The third kappa shape index (κ3) is 2.02. The van der Waals surface area contributed by atoms with Gasteiger partial charge < -0.3 is 5.11 Å². The fourth-order valence-corrected chi connectivity index (χ4v) is 5.07. The maximum absolute atomic E-state index is 12.2. The Bertz CT molecular complexity index is 466. The highest BCUT2D eigenvalue weighted by atomic mass is 32.2. The molecule has 1 aliphatic rings. The Morgan fingerprint density at radius 2 is 2.31 bits per heavy atom. The summed E-state index contributed by atoms with van der Waals surface area (Å²) in [6.45, 7) is 2.31. The van der Waals surface area contributed by atoms with Crippen molar-refractivity contribution < 1.29 is 13.5 Å². The molecule has 2 rings (SSSR count). The average molecular weight is 261 g/mol. The summed E-state index contributed by atoms with van der Waals surface area (Å²) in [6, 6.07) is 3.20. The molecule has 0 spiro atoms. The van der Waals surface area contributed by atoms with E-state index in [4.69, 9.17) is 5.11 Å². The summed E-state index contributed by atoms with van der Waals surface area (Å²) in [5, 5.41) is 9.15. The van der Waals surface area contributed by atoms with Gasteiger partial charge in [-0.05, 0) is 31.9 Å². The maximum Gasteiger partial charge on any atom is 0.252 e. The Morgan fingerprint density at radius 3 is 2.88 bits per heavy atom. The number of aliphatic hydroxyl groups excluding tert-OH is 1. The van der Waals surface area contributed by atoms with Crippen LogP contribution in [0.25, 0.3) is 0 Å². The summed E-state index contributed by atoms with van der Waals surface area (Å²) in [6.07, 6.45) is 1.58. The lowest BCUT2D eigenvalue weighted by Crippen LogP contribution is -2.37. The van der Waals surface area contributed by atoms with Crippen LogP contribution < -0.4 is 0 Å². The molecule has 0 bridgehead atoms. The minimum atomic E-state index is -3.39. The Balaban J connectivity index is 2.32. The van der Waals surface area contributed by atoms with E-state index in [2.05, 4.69) is 0 Å². The summed E-state index contributed by atoms with van der Waals surface area (Å²) < 4.78 is 26.3. The van der Waals surface area contributed by atoms with Crippen molar-refractivity contribution in [2.75, 3.05) is 13.2 Å². The first kappa shape index (κ1) is 12.0. The number of nitrogens with zero attached hydrogens (tertiary/aromatic N) is 1. The van der Waals surface area contributed by atoms with Crippen LogP contribution in [-0.4, -0.2) is 37.0 Å². The normalized spacial score (nSPS) is 22.8. The highest BCUT2D eigenvalue weighted by molar-refractivity contribution is 7.91. The van der Waals surface area contributed by atoms with Gasteiger partial charge in [0.05, 0.1) is 6.61 Å². The third-order valence-corrected chi connectivity index (χ3v) is 6.23. The number of rotatable bonds is 3. The van der Waals surface area contributed by atoms with Crippen molar-refractivity contribution in [3.8, 4) is 0 Å². The van der Waals surface area contributed by atoms with Crippen LogP contribution in [0.2, 0.25) is 0 Å². The largest absolute Gasteiger partial charge is 0.395 e. The quantitative estimate of drug-likeness (QED) is 0.889. The molecule has 1 aromatic rings. The van der Waals surface area contributed by atoms with Gasteiger partial charge in [0.25, 0.3) is 10.0 Å². The van der Waals surface area contributed by atoms with E-state index in [0.717, 1.165) is 17.7 Å². The standard InChI is InChI=1S/C10H15NO3S2/c1-8-4-5-10(15-8)16(13,14)11-6-2-3-9(11)7-12/h4-5,9,12H,2-3,6-7H2,1H3/t9-/m0/s1. The van der Waals surface area contributed by atoms with Crippen LogP contribution in [0.3, 0.4) is 0 Å². The van der Waals surface area contributed by atoms with E-state index in [1.54, 1.807) is 6.07 Å². The Kier molecular flexibility index (Phi) is 3.34. The topological polar surface area (TPSA) is 57.6 Å². The van der Waals surface area contributed by atoms with Gasteiger partial charge in [-0.2, -0.15) is 4.31 Å². The predicted octanol–water partition coefficient (Wildman–Crippen LogP) is 1.20. The number of thiophene rings is 1. The molecule has 16 heavy (non-hydrogen) atoms. The molecule has 1 N–H and O–H groups in total. The van der Waals surface area contributed by atoms with Gasteiger partial charge in [-0.25, -0.2) is 8.42 Å². The van der Waals surface area contributed by atoms with Gasteiger partial charge in [-0.15, -0.1) is 11.3 Å². The Hall–Kier alpha value is -0.430. The second kappa shape index (κ2) is 4.44. The number of aliphatic hydroxyl groups is 1. The monoisotopic (exact) mass is 261 g/mol. The molecule has 0 aliphatic carbocycles. The summed E-state index contributed by atoms with van der Waals surface area (Å²) in [4.78, 5) is 0.985. The second-order valence-corrected chi connectivity index (χ2v) is 7.36. The van der Waals surface area contributed by atoms with Gasteiger partial charge in [0.15, 0.2) is 0 Å². The summed E-state index contributed by atoms with van der Waals surface area (Å²) >= 11 is 1.28. The van der Waals surface area contributed by atoms with Crippen LogP contribution in [0.15, 0.2) is 16.3 Å². The van der Waals surface area contributed by atoms with Crippen molar-refractivity contribution in [2.24, 2.45) is 0 Å². The van der Waals surface area contributed by atoms with E-state index in [1.165, 1.54) is 15.6 Å². The number of hydrogen-bond acceptors (Lipinski definition) is 4. The minimum absolute atomic E-state index is 0.0937. The van der Waals surface area contributed by atoms with Crippen LogP contribution in [-0.2, 0) is 10.0 Å². The molecule has 6 heteroatoms. The lowest BCUT2D eigenvalue weighted by molar-refractivity contribution is 0.213. The molecule has 4 nitrogen and oxygen atoms in total. The molecule has 1 aromatic heterocycles. The van der Waals surface area contributed by atoms with Gasteiger partial charge in [-0.3, -0.25) is 0 Å². The lowest BCUT2D eigenvalue weighted by Gasteiger charge is -2.21. The minimum Gasteiger partial charge on any atom is -0.395 e. The molecule has 0 saturated carbocycles. The number of hydrogen-bond donors (Lipinski definition) is 1. The van der Waals surface area contributed by atoms with Crippen molar-refractivity contribution in [3.05, 3.63) is 17.0 Å². The summed E-state index contributed by atoms with van der Waals surface area (Å²) in [7, 11) is -3.39. The fourth-order valence-electron chi connectivity index (χ4n) is 1.97. The van der Waals surface area contributed by atoms with Crippen LogP contribution in [0.1, 0.15) is 17.7 Å². The van der Waals surface area contributed by atoms with Crippen molar-refractivity contribution in [3.63, 3.8) is 0 Å². The molecule has 0 unspecified atom stereocenters. The molecular formula is C10H15NO3S2. The maximum atomic E-state index is 12.2. The van der Waals surface area contributed by atoms with Crippen LogP contribution in [0, 0.1) is 6.92 Å². The summed E-state index contributed by atoms with van der Waals surface area (Å²) in [5.41, 5.74) is 0. The molecule has 0 aromatic carbocycles. The van der Waals surface area contributed by atoms with E-state index < -0.39 is 10.0 Å². The van der Waals surface area contributed by atoms with Crippen LogP contribution >= 0.6 is 11.3 Å². The molecule has 1 fully saturated rings. The van der Waals surface area contributed by atoms with Crippen molar-refractivity contribution in [2.45, 2.75) is 30.0 Å². The Morgan fingerprint density at radius 1 is 1.56 bits per heavy atom. The van der Waals surface area contributed by atoms with E-state index in [-0.39, 0.29) is 12.6 Å². The lowest BCUT2D eigenvalue weighted by atomic mass is 10.2. The van der Waals surface area contributed by atoms with Crippen molar-refractivity contribution >= 4 is 21.4 Å². The van der Waals surface area contributed by atoms with Gasteiger partial charge >= 0.3 is 0 Å². The molecule has 2 heterocycles. The molecular weight excluding hydrogens is 246 g/mol. The zero-order valence-corrected chi connectivity index (χ0v) is 10.7. The molecule has 1 saturated heterocycles. The van der Waals surface area contributed by atoms with E-state index in [9.17, 15) is 8.42 Å². The molecule has 0 radical (unpaired) electrons. The van der Waals surface area contributed by atoms with E-state index in [0.29, 0.717) is 10.8 Å². The van der Waals surface area contributed by atoms with Gasteiger partial charge in [0.2, 0.25) is 0 Å². The smallest absolute Gasteiger partial charge is 0.252 e. The second-order valence-electron chi connectivity index (χ2n) is 3.96. The van der Waals surface area contributed by atoms with Gasteiger partial charge in [0, 0.05) is 17.5 Å². The van der Waals surface area contributed by atoms with Crippen molar-refractivity contribution in [1.82, 2.24) is 4.31 Å². The first-order valence-corrected chi connectivity index (χ1v) is 7.50. The molecule has 1 atom stereocenters. The molecule has 0 amide bonds. The van der Waals surface area contributed by atoms with Gasteiger partial charge in [0.1, 0.15) is 4.21 Å². The first-order chi connectivity index (χ1) is 7.55. The first-order valence-electron chi connectivity index (χ1n) is 5.25. The molecule has 90 valence electrons. The van der Waals surface area contributed by atoms with Gasteiger partial charge in [-0.1, -0.05) is 0 Å². The number of sulfonamides is 1. The predicted molar refractivity (Wildman–Crippen MR) is 63.1 cm³/mol. The van der Waals surface area contributed by atoms with E-state index >= 15 is 0 Å². The average Bonchev–Trinajstić information content (AvgIpc) is 2.85. The third-order valence-electron chi connectivity index (χ3n) is 2.81. The van der Waals surface area contributed by atoms with Crippen molar-refractivity contribution in [1.29, 1.82) is 0 Å². The summed E-state index contributed by atoms with van der Waals surface area (Å²) in [5.74, 6) is 0. The highest BCUT2D eigenvalue weighted by Gasteiger charge is 2.35. The Labute approximate surface area is 99.6 Å². The zero-order valence-electron chi connectivity index (χ0n) is 9.09.